The lowest BCUT2D eigenvalue weighted by Gasteiger charge is -2.20. The number of fused-ring (bicyclic) bond motifs is 1. The Kier molecular flexibility index (Phi) is 7.14. The van der Waals surface area contributed by atoms with E-state index in [1.165, 1.54) is 15.9 Å². The van der Waals surface area contributed by atoms with Crippen molar-refractivity contribution in [3.05, 3.63) is 46.0 Å². The van der Waals surface area contributed by atoms with Crippen LogP contribution >= 0.6 is 11.3 Å². The van der Waals surface area contributed by atoms with Gasteiger partial charge in [0.2, 0.25) is 0 Å². The van der Waals surface area contributed by atoms with Gasteiger partial charge in [0.25, 0.3) is 0 Å². The summed E-state index contributed by atoms with van der Waals surface area (Å²) < 4.78 is 13.0. The third-order valence-corrected chi connectivity index (χ3v) is 5.16. The number of oxime groups is 1. The van der Waals surface area contributed by atoms with Gasteiger partial charge in [-0.3, -0.25) is 0 Å². The normalized spacial score (nSPS) is 11.8. The van der Waals surface area contributed by atoms with Crippen LogP contribution in [-0.4, -0.2) is 45.1 Å². The molecule has 0 saturated carbocycles. The first kappa shape index (κ1) is 23.3. The van der Waals surface area contributed by atoms with Crippen LogP contribution in [0.1, 0.15) is 37.0 Å². The molecule has 170 valence electrons. The van der Waals surface area contributed by atoms with Gasteiger partial charge in [0.05, 0.1) is 5.52 Å². The van der Waals surface area contributed by atoms with Gasteiger partial charge in [0, 0.05) is 29.1 Å². The molecular weight excluding hydrogens is 434 g/mol. The predicted octanol–water partition coefficient (Wildman–Crippen LogP) is 4.40. The number of hydrogen-bond donors (Lipinski definition) is 1. The van der Waals surface area contributed by atoms with Crippen molar-refractivity contribution in [2.75, 3.05) is 6.61 Å². The fraction of sp³-hybridized carbons (Fsp3) is 0.364. The first-order chi connectivity index (χ1) is 15.2. The van der Waals surface area contributed by atoms with Crippen molar-refractivity contribution in [2.45, 2.75) is 46.3 Å². The topological polar surface area (TPSA) is 112 Å². The van der Waals surface area contributed by atoms with E-state index in [2.05, 4.69) is 10.1 Å². The SMILES string of the molecule is Cc1c(CCON=CC(=O)O)c2cc(OCc3nccs3)ccc2n1C(=O)OC(C)(C)C. The van der Waals surface area contributed by atoms with E-state index in [0.717, 1.165) is 16.0 Å². The van der Waals surface area contributed by atoms with Crippen molar-refractivity contribution in [1.29, 1.82) is 0 Å². The van der Waals surface area contributed by atoms with Crippen molar-refractivity contribution < 1.29 is 29.0 Å². The lowest BCUT2D eigenvalue weighted by Crippen LogP contribution is -2.27. The maximum absolute atomic E-state index is 12.9. The highest BCUT2D eigenvalue weighted by atomic mass is 32.1. The van der Waals surface area contributed by atoms with Crippen LogP contribution in [0.15, 0.2) is 34.9 Å². The zero-order chi connectivity index (χ0) is 23.3. The lowest BCUT2D eigenvalue weighted by molar-refractivity contribution is -0.129. The molecule has 0 radical (unpaired) electrons. The van der Waals surface area contributed by atoms with Crippen molar-refractivity contribution in [3.63, 3.8) is 0 Å². The Labute approximate surface area is 189 Å². The fourth-order valence-corrected chi connectivity index (χ4v) is 3.69. The van der Waals surface area contributed by atoms with Crippen LogP contribution in [0.4, 0.5) is 4.79 Å². The number of carbonyl (C=O) groups excluding carboxylic acids is 1. The third kappa shape index (κ3) is 5.85. The van der Waals surface area contributed by atoms with Crippen LogP contribution in [0.2, 0.25) is 0 Å². The molecule has 0 fully saturated rings. The van der Waals surface area contributed by atoms with Crippen LogP contribution in [0.3, 0.4) is 0 Å². The van der Waals surface area contributed by atoms with Gasteiger partial charge in [0.1, 0.15) is 29.6 Å². The molecule has 1 aromatic carbocycles. The van der Waals surface area contributed by atoms with Gasteiger partial charge in [-0.1, -0.05) is 5.16 Å². The molecule has 3 aromatic rings. The number of aliphatic carboxylic acids is 1. The van der Waals surface area contributed by atoms with Gasteiger partial charge in [-0.2, -0.15) is 0 Å². The Morgan fingerprint density at radius 2 is 2.09 bits per heavy atom. The lowest BCUT2D eigenvalue weighted by atomic mass is 10.1. The highest BCUT2D eigenvalue weighted by molar-refractivity contribution is 7.09. The summed E-state index contributed by atoms with van der Waals surface area (Å²) >= 11 is 1.51. The number of rotatable bonds is 8. The molecule has 0 aliphatic heterocycles. The van der Waals surface area contributed by atoms with Crippen LogP contribution in [-0.2, 0) is 27.4 Å². The van der Waals surface area contributed by atoms with Gasteiger partial charge in [-0.05, 0) is 51.5 Å². The molecule has 32 heavy (non-hydrogen) atoms. The molecule has 0 aliphatic rings. The zero-order valence-corrected chi connectivity index (χ0v) is 19.1. The molecule has 3 rings (SSSR count). The first-order valence-corrected chi connectivity index (χ1v) is 10.8. The Hall–Kier alpha value is -3.40. The molecule has 0 atom stereocenters. The predicted molar refractivity (Wildman–Crippen MR) is 121 cm³/mol. The second-order valence-electron chi connectivity index (χ2n) is 7.93. The number of carboxylic acids is 1. The van der Waals surface area contributed by atoms with Crippen LogP contribution in [0.25, 0.3) is 10.9 Å². The summed E-state index contributed by atoms with van der Waals surface area (Å²) in [6.07, 6.45) is 2.33. The molecule has 0 unspecified atom stereocenters. The minimum absolute atomic E-state index is 0.141. The average Bonchev–Trinajstić information content (AvgIpc) is 3.30. The van der Waals surface area contributed by atoms with E-state index in [0.29, 0.717) is 36.2 Å². The molecule has 0 bridgehead atoms. The molecule has 0 saturated heterocycles. The summed E-state index contributed by atoms with van der Waals surface area (Å²) in [6, 6.07) is 5.48. The monoisotopic (exact) mass is 459 g/mol. The van der Waals surface area contributed by atoms with E-state index in [1.54, 1.807) is 12.3 Å². The fourth-order valence-electron chi connectivity index (χ4n) is 3.16. The highest BCUT2D eigenvalue weighted by Crippen LogP contribution is 2.31. The Morgan fingerprint density at radius 1 is 1.31 bits per heavy atom. The molecule has 9 nitrogen and oxygen atoms in total. The Morgan fingerprint density at radius 3 is 2.75 bits per heavy atom. The smallest absolute Gasteiger partial charge is 0.419 e. The number of thiazole rings is 1. The second-order valence-corrected chi connectivity index (χ2v) is 8.91. The van der Waals surface area contributed by atoms with Crippen LogP contribution in [0.5, 0.6) is 5.75 Å². The minimum atomic E-state index is -1.19. The molecule has 10 heteroatoms. The van der Waals surface area contributed by atoms with E-state index in [4.69, 9.17) is 19.4 Å². The zero-order valence-electron chi connectivity index (χ0n) is 18.3. The van der Waals surface area contributed by atoms with Crippen LogP contribution in [0, 0.1) is 6.92 Å². The summed E-state index contributed by atoms with van der Waals surface area (Å²) in [5.74, 6) is -0.551. The Balaban J connectivity index is 1.92. The number of carboxylic acid groups (broad SMARTS) is 1. The van der Waals surface area contributed by atoms with Crippen molar-refractivity contribution in [2.24, 2.45) is 5.16 Å². The molecule has 2 aromatic heterocycles. The molecule has 0 spiro atoms. The molecule has 2 heterocycles. The van der Waals surface area contributed by atoms with Crippen LogP contribution < -0.4 is 4.74 Å². The highest BCUT2D eigenvalue weighted by Gasteiger charge is 2.24. The second kappa shape index (κ2) is 9.82. The summed E-state index contributed by atoms with van der Waals surface area (Å²) in [5, 5.41) is 15.6. The summed E-state index contributed by atoms with van der Waals surface area (Å²) in [6.45, 7) is 7.75. The molecule has 1 N–H and O–H groups in total. The van der Waals surface area contributed by atoms with E-state index < -0.39 is 17.7 Å². The number of ether oxygens (including phenoxy) is 2. The number of hydrogen-bond acceptors (Lipinski definition) is 8. The number of nitrogens with zero attached hydrogens (tertiary/aromatic N) is 3. The van der Waals surface area contributed by atoms with E-state index >= 15 is 0 Å². The summed E-state index contributed by atoms with van der Waals surface area (Å²) in [5.41, 5.74) is 1.60. The standard InChI is InChI=1S/C22H25N3O6S/c1-14-16(7-9-30-24-12-20(26)27)17-11-15(29-13-19-23-8-10-32-19)5-6-18(17)25(14)21(28)31-22(2,3)4/h5-6,8,10-12H,7,9,13H2,1-4H3,(H,26,27). The minimum Gasteiger partial charge on any atom is -0.486 e. The van der Waals surface area contributed by atoms with E-state index in [-0.39, 0.29) is 6.61 Å². The summed E-state index contributed by atoms with van der Waals surface area (Å²) in [7, 11) is 0. The average molecular weight is 460 g/mol. The van der Waals surface area contributed by atoms with Gasteiger partial charge in [-0.25, -0.2) is 19.1 Å². The maximum Gasteiger partial charge on any atom is 0.419 e. The van der Waals surface area contributed by atoms with E-state index in [1.807, 2.05) is 45.2 Å². The van der Waals surface area contributed by atoms with Gasteiger partial charge in [0.15, 0.2) is 6.21 Å². The molecular formula is C22H25N3O6S. The third-order valence-electron chi connectivity index (χ3n) is 4.41. The number of benzene rings is 1. The number of carbonyl (C=O) groups is 2. The van der Waals surface area contributed by atoms with E-state index in [9.17, 15) is 9.59 Å². The van der Waals surface area contributed by atoms with Gasteiger partial charge < -0.3 is 19.4 Å². The van der Waals surface area contributed by atoms with Crippen molar-refractivity contribution in [3.8, 4) is 5.75 Å². The van der Waals surface area contributed by atoms with Gasteiger partial charge in [-0.15, -0.1) is 11.3 Å². The summed E-state index contributed by atoms with van der Waals surface area (Å²) in [4.78, 5) is 32.7. The molecule has 0 amide bonds. The van der Waals surface area contributed by atoms with Crippen molar-refractivity contribution in [1.82, 2.24) is 9.55 Å². The first-order valence-electron chi connectivity index (χ1n) is 9.92. The quantitative estimate of drug-likeness (QED) is 0.302. The molecule has 0 aliphatic carbocycles. The van der Waals surface area contributed by atoms with Gasteiger partial charge >= 0.3 is 12.1 Å². The largest absolute Gasteiger partial charge is 0.486 e. The number of aromatic nitrogens is 2. The van der Waals surface area contributed by atoms with Crippen molar-refractivity contribution >= 4 is 40.5 Å². The Bertz CT molecular complexity index is 1130. The maximum atomic E-state index is 12.9.